The van der Waals surface area contributed by atoms with Gasteiger partial charge in [0.1, 0.15) is 5.82 Å². The van der Waals surface area contributed by atoms with Gasteiger partial charge in [-0.05, 0) is 37.4 Å². The van der Waals surface area contributed by atoms with Gasteiger partial charge in [-0.25, -0.2) is 9.78 Å². The standard InChI is InChI=1S/C14H16N2O2S/c1-10(2)16(9-12-4-3-7-19-12)13-8-11(14(17)18)5-6-15-13/h3-8,10H,9H2,1-2H3,(H,17,18). The van der Waals surface area contributed by atoms with Gasteiger partial charge < -0.3 is 10.0 Å². The molecule has 4 nitrogen and oxygen atoms in total. The molecule has 0 aromatic carbocycles. The van der Waals surface area contributed by atoms with Crippen LogP contribution in [0.2, 0.25) is 0 Å². The van der Waals surface area contributed by atoms with Crippen LogP contribution in [0.3, 0.4) is 0 Å². The predicted octanol–water partition coefficient (Wildman–Crippen LogP) is 3.26. The van der Waals surface area contributed by atoms with Crippen molar-refractivity contribution >= 4 is 23.1 Å². The molecule has 0 bridgehead atoms. The minimum Gasteiger partial charge on any atom is -0.478 e. The number of carboxylic acid groups (broad SMARTS) is 1. The monoisotopic (exact) mass is 276 g/mol. The molecule has 0 fully saturated rings. The van der Waals surface area contributed by atoms with Crippen LogP contribution in [0.4, 0.5) is 5.82 Å². The minimum atomic E-state index is -0.927. The lowest BCUT2D eigenvalue weighted by Gasteiger charge is -2.27. The summed E-state index contributed by atoms with van der Waals surface area (Å²) in [4.78, 5) is 18.6. The number of carbonyl (C=O) groups is 1. The highest BCUT2D eigenvalue weighted by atomic mass is 32.1. The number of rotatable bonds is 5. The Morgan fingerprint density at radius 2 is 2.26 bits per heavy atom. The van der Waals surface area contributed by atoms with Crippen molar-refractivity contribution in [3.63, 3.8) is 0 Å². The highest BCUT2D eigenvalue weighted by Crippen LogP contribution is 2.21. The zero-order valence-corrected chi connectivity index (χ0v) is 11.7. The molecule has 0 radical (unpaired) electrons. The first-order valence-corrected chi connectivity index (χ1v) is 6.94. The quantitative estimate of drug-likeness (QED) is 0.910. The fraction of sp³-hybridized carbons (Fsp3) is 0.286. The van der Waals surface area contributed by atoms with Crippen LogP contribution in [0.1, 0.15) is 29.1 Å². The second-order valence-corrected chi connectivity index (χ2v) is 5.54. The highest BCUT2D eigenvalue weighted by molar-refractivity contribution is 7.09. The fourth-order valence-electron chi connectivity index (χ4n) is 1.81. The molecule has 2 aromatic heterocycles. The molecule has 0 amide bonds. The number of anilines is 1. The van der Waals surface area contributed by atoms with E-state index in [1.807, 2.05) is 11.4 Å². The molecule has 0 saturated heterocycles. The molecular formula is C14H16N2O2S. The summed E-state index contributed by atoms with van der Waals surface area (Å²) in [6.45, 7) is 4.89. The lowest BCUT2D eigenvalue weighted by atomic mass is 10.2. The molecule has 1 N–H and O–H groups in total. The van der Waals surface area contributed by atoms with Gasteiger partial charge >= 0.3 is 5.97 Å². The first kappa shape index (κ1) is 13.5. The molecule has 0 unspecified atom stereocenters. The van der Waals surface area contributed by atoms with Crippen LogP contribution < -0.4 is 4.90 Å². The zero-order valence-electron chi connectivity index (χ0n) is 10.9. The fourth-order valence-corrected chi connectivity index (χ4v) is 2.51. The summed E-state index contributed by atoms with van der Waals surface area (Å²) in [7, 11) is 0. The third kappa shape index (κ3) is 3.32. The number of carboxylic acids is 1. The molecular weight excluding hydrogens is 260 g/mol. The first-order chi connectivity index (χ1) is 9.08. The normalized spacial score (nSPS) is 10.7. The maximum absolute atomic E-state index is 11.0. The average Bonchev–Trinajstić information content (AvgIpc) is 2.88. The van der Waals surface area contributed by atoms with E-state index in [1.165, 1.54) is 10.9 Å². The third-order valence-electron chi connectivity index (χ3n) is 2.82. The summed E-state index contributed by atoms with van der Waals surface area (Å²) in [5.74, 6) is -0.230. The Balaban J connectivity index is 2.28. The van der Waals surface area contributed by atoms with Crippen molar-refractivity contribution in [2.75, 3.05) is 4.90 Å². The summed E-state index contributed by atoms with van der Waals surface area (Å²) in [5, 5.41) is 11.1. The third-order valence-corrected chi connectivity index (χ3v) is 3.68. The van der Waals surface area contributed by atoms with Gasteiger partial charge in [0.2, 0.25) is 0 Å². The Morgan fingerprint density at radius 3 is 2.84 bits per heavy atom. The van der Waals surface area contributed by atoms with E-state index in [0.29, 0.717) is 5.82 Å². The average molecular weight is 276 g/mol. The van der Waals surface area contributed by atoms with Crippen LogP contribution in [-0.4, -0.2) is 22.1 Å². The maximum Gasteiger partial charge on any atom is 0.335 e. The van der Waals surface area contributed by atoms with Gasteiger partial charge in [0.25, 0.3) is 0 Å². The highest BCUT2D eigenvalue weighted by Gasteiger charge is 2.15. The second kappa shape index (κ2) is 5.84. The van der Waals surface area contributed by atoms with E-state index in [0.717, 1.165) is 6.54 Å². The Kier molecular flexibility index (Phi) is 4.16. The lowest BCUT2D eigenvalue weighted by Crippen LogP contribution is -2.30. The van der Waals surface area contributed by atoms with Crippen molar-refractivity contribution in [1.82, 2.24) is 4.98 Å². The lowest BCUT2D eigenvalue weighted by molar-refractivity contribution is 0.0697. The van der Waals surface area contributed by atoms with Gasteiger partial charge in [0, 0.05) is 17.1 Å². The van der Waals surface area contributed by atoms with Gasteiger partial charge in [-0.15, -0.1) is 11.3 Å². The van der Waals surface area contributed by atoms with Gasteiger partial charge in [-0.2, -0.15) is 0 Å². The number of nitrogens with zero attached hydrogens (tertiary/aromatic N) is 2. The number of pyridine rings is 1. The summed E-state index contributed by atoms with van der Waals surface area (Å²) in [6.07, 6.45) is 1.54. The van der Waals surface area contributed by atoms with Crippen LogP contribution in [0.5, 0.6) is 0 Å². The number of thiophene rings is 1. The van der Waals surface area contributed by atoms with Crippen molar-refractivity contribution in [3.8, 4) is 0 Å². The molecule has 0 saturated carbocycles. The molecule has 2 heterocycles. The van der Waals surface area contributed by atoms with E-state index in [1.54, 1.807) is 23.6 Å². The Bertz CT molecular complexity index is 552. The molecule has 2 aromatic rings. The first-order valence-electron chi connectivity index (χ1n) is 6.06. The smallest absolute Gasteiger partial charge is 0.335 e. The molecule has 0 aliphatic heterocycles. The molecule has 19 heavy (non-hydrogen) atoms. The van der Waals surface area contributed by atoms with Gasteiger partial charge in [0.15, 0.2) is 0 Å². The van der Waals surface area contributed by atoms with Gasteiger partial charge in [0.05, 0.1) is 12.1 Å². The Labute approximate surface area is 116 Å². The summed E-state index contributed by atoms with van der Waals surface area (Å²) < 4.78 is 0. The van der Waals surface area contributed by atoms with E-state index in [9.17, 15) is 4.79 Å². The molecule has 0 atom stereocenters. The second-order valence-electron chi connectivity index (χ2n) is 4.51. The van der Waals surface area contributed by atoms with Crippen LogP contribution in [0, 0.1) is 0 Å². The van der Waals surface area contributed by atoms with Gasteiger partial charge in [-0.1, -0.05) is 6.07 Å². The van der Waals surface area contributed by atoms with E-state index in [2.05, 4.69) is 29.8 Å². The van der Waals surface area contributed by atoms with E-state index < -0.39 is 5.97 Å². The summed E-state index contributed by atoms with van der Waals surface area (Å²) in [6, 6.07) is 7.46. The van der Waals surface area contributed by atoms with Crippen molar-refractivity contribution in [2.45, 2.75) is 26.4 Å². The van der Waals surface area contributed by atoms with Crippen molar-refractivity contribution in [1.29, 1.82) is 0 Å². The number of hydrogen-bond acceptors (Lipinski definition) is 4. The molecule has 100 valence electrons. The maximum atomic E-state index is 11.0. The molecule has 2 rings (SSSR count). The molecule has 0 aliphatic carbocycles. The zero-order chi connectivity index (χ0) is 13.8. The summed E-state index contributed by atoms with van der Waals surface area (Å²) in [5.41, 5.74) is 0.266. The van der Waals surface area contributed by atoms with Crippen LogP contribution in [0.15, 0.2) is 35.8 Å². The van der Waals surface area contributed by atoms with E-state index in [-0.39, 0.29) is 11.6 Å². The van der Waals surface area contributed by atoms with E-state index in [4.69, 9.17) is 5.11 Å². The molecule has 5 heteroatoms. The van der Waals surface area contributed by atoms with Crippen LogP contribution in [0.25, 0.3) is 0 Å². The molecule has 0 aliphatic rings. The number of aromatic nitrogens is 1. The SMILES string of the molecule is CC(C)N(Cc1cccs1)c1cc(C(=O)O)ccn1. The molecule has 0 spiro atoms. The number of hydrogen-bond donors (Lipinski definition) is 1. The minimum absolute atomic E-state index is 0.249. The van der Waals surface area contributed by atoms with Gasteiger partial charge in [-0.3, -0.25) is 0 Å². The summed E-state index contributed by atoms with van der Waals surface area (Å²) >= 11 is 1.69. The van der Waals surface area contributed by atoms with Crippen molar-refractivity contribution in [3.05, 3.63) is 46.3 Å². The van der Waals surface area contributed by atoms with E-state index >= 15 is 0 Å². The van der Waals surface area contributed by atoms with Crippen molar-refractivity contribution in [2.24, 2.45) is 0 Å². The largest absolute Gasteiger partial charge is 0.478 e. The van der Waals surface area contributed by atoms with Crippen molar-refractivity contribution < 1.29 is 9.90 Å². The Hall–Kier alpha value is -1.88. The van der Waals surface area contributed by atoms with Crippen LogP contribution >= 0.6 is 11.3 Å². The van der Waals surface area contributed by atoms with Crippen LogP contribution in [-0.2, 0) is 6.54 Å². The number of aromatic carboxylic acids is 1. The Morgan fingerprint density at radius 1 is 1.47 bits per heavy atom. The topological polar surface area (TPSA) is 53.4 Å². The predicted molar refractivity (Wildman–Crippen MR) is 76.8 cm³/mol.